The van der Waals surface area contributed by atoms with Crippen LogP contribution in [-0.2, 0) is 9.84 Å². The zero-order chi connectivity index (χ0) is 13.5. The SMILES string of the molecule is CS(=O)(=O)c1c(C2CCNCC2)ccc2c1OCO2. The lowest BCUT2D eigenvalue weighted by Gasteiger charge is -2.25. The second-order valence-electron chi connectivity index (χ2n) is 5.01. The Morgan fingerprint density at radius 2 is 1.95 bits per heavy atom. The Hall–Kier alpha value is -1.27. The van der Waals surface area contributed by atoms with Gasteiger partial charge in [0.25, 0.3) is 0 Å². The minimum Gasteiger partial charge on any atom is -0.454 e. The number of piperidine rings is 1. The van der Waals surface area contributed by atoms with Crippen molar-refractivity contribution < 1.29 is 17.9 Å². The summed E-state index contributed by atoms with van der Waals surface area (Å²) in [5, 5.41) is 3.29. The van der Waals surface area contributed by atoms with Crippen LogP contribution in [0, 0.1) is 0 Å². The zero-order valence-electron chi connectivity index (χ0n) is 10.8. The van der Waals surface area contributed by atoms with E-state index in [2.05, 4.69) is 5.32 Å². The van der Waals surface area contributed by atoms with Gasteiger partial charge in [-0.1, -0.05) is 6.07 Å². The van der Waals surface area contributed by atoms with E-state index in [1.165, 1.54) is 6.26 Å². The largest absolute Gasteiger partial charge is 0.454 e. The van der Waals surface area contributed by atoms with Crippen molar-refractivity contribution in [2.45, 2.75) is 23.7 Å². The molecule has 104 valence electrons. The van der Waals surface area contributed by atoms with Crippen LogP contribution in [0.2, 0.25) is 0 Å². The normalized spacial score (nSPS) is 19.6. The Kier molecular flexibility index (Phi) is 3.14. The summed E-state index contributed by atoms with van der Waals surface area (Å²) in [6.45, 7) is 1.93. The van der Waals surface area contributed by atoms with Gasteiger partial charge in [0, 0.05) is 6.26 Å². The van der Waals surface area contributed by atoms with E-state index in [1.807, 2.05) is 12.1 Å². The molecule has 0 amide bonds. The summed E-state index contributed by atoms with van der Waals surface area (Å²) in [4.78, 5) is 0.314. The molecule has 0 aromatic heterocycles. The van der Waals surface area contributed by atoms with E-state index in [1.54, 1.807) is 0 Å². The van der Waals surface area contributed by atoms with E-state index in [0.29, 0.717) is 16.4 Å². The quantitative estimate of drug-likeness (QED) is 0.886. The van der Waals surface area contributed by atoms with Crippen molar-refractivity contribution in [3.8, 4) is 11.5 Å². The number of ether oxygens (including phenoxy) is 2. The van der Waals surface area contributed by atoms with E-state index < -0.39 is 9.84 Å². The van der Waals surface area contributed by atoms with E-state index in [0.717, 1.165) is 31.5 Å². The molecule has 0 unspecified atom stereocenters. The predicted octanol–water partition coefficient (Wildman–Crippen LogP) is 1.29. The lowest BCUT2D eigenvalue weighted by Crippen LogP contribution is -2.27. The monoisotopic (exact) mass is 283 g/mol. The first-order valence-corrected chi connectivity index (χ1v) is 8.30. The van der Waals surface area contributed by atoms with Crippen LogP contribution < -0.4 is 14.8 Å². The van der Waals surface area contributed by atoms with Crippen molar-refractivity contribution in [2.24, 2.45) is 0 Å². The second kappa shape index (κ2) is 4.68. The van der Waals surface area contributed by atoms with Crippen molar-refractivity contribution in [1.82, 2.24) is 5.32 Å². The molecular formula is C13H17NO4S. The van der Waals surface area contributed by atoms with Crippen LogP contribution in [0.1, 0.15) is 24.3 Å². The van der Waals surface area contributed by atoms with Crippen LogP contribution in [-0.4, -0.2) is 34.6 Å². The molecule has 0 atom stereocenters. The first-order valence-electron chi connectivity index (χ1n) is 6.40. The van der Waals surface area contributed by atoms with Gasteiger partial charge in [-0.25, -0.2) is 8.42 Å². The van der Waals surface area contributed by atoms with Crippen molar-refractivity contribution in [3.63, 3.8) is 0 Å². The highest BCUT2D eigenvalue weighted by atomic mass is 32.2. The molecule has 5 nitrogen and oxygen atoms in total. The lowest BCUT2D eigenvalue weighted by molar-refractivity contribution is 0.172. The Morgan fingerprint density at radius 1 is 1.21 bits per heavy atom. The number of fused-ring (bicyclic) bond motifs is 1. The Bertz CT molecular complexity index is 591. The average Bonchev–Trinajstić information content (AvgIpc) is 2.85. The maximum Gasteiger partial charge on any atom is 0.231 e. The first kappa shape index (κ1) is 12.7. The van der Waals surface area contributed by atoms with Crippen LogP contribution in [0.25, 0.3) is 0 Å². The van der Waals surface area contributed by atoms with E-state index in [9.17, 15) is 8.42 Å². The molecule has 0 radical (unpaired) electrons. The number of nitrogens with one attached hydrogen (secondary N) is 1. The standard InChI is InChI=1S/C13H17NO4S/c1-19(15,16)13-10(9-4-6-14-7-5-9)2-3-11-12(13)18-8-17-11/h2-3,9,14H,4-8H2,1H3. The van der Waals surface area contributed by atoms with Gasteiger partial charge in [-0.15, -0.1) is 0 Å². The molecule has 2 aliphatic heterocycles. The summed E-state index contributed by atoms with van der Waals surface area (Å²) in [6, 6.07) is 3.69. The van der Waals surface area contributed by atoms with Crippen LogP contribution in [0.5, 0.6) is 11.5 Å². The fraction of sp³-hybridized carbons (Fsp3) is 0.538. The summed E-state index contributed by atoms with van der Waals surface area (Å²) >= 11 is 0. The molecule has 3 rings (SSSR count). The van der Waals surface area contributed by atoms with Gasteiger partial charge >= 0.3 is 0 Å². The zero-order valence-corrected chi connectivity index (χ0v) is 11.6. The highest BCUT2D eigenvalue weighted by molar-refractivity contribution is 7.90. The summed E-state index contributed by atoms with van der Waals surface area (Å²) in [6.07, 6.45) is 3.12. The van der Waals surface area contributed by atoms with Gasteiger partial charge in [-0.2, -0.15) is 0 Å². The molecule has 0 aliphatic carbocycles. The topological polar surface area (TPSA) is 64.6 Å². The third kappa shape index (κ3) is 2.30. The van der Waals surface area contributed by atoms with E-state index >= 15 is 0 Å². The number of hydrogen-bond acceptors (Lipinski definition) is 5. The van der Waals surface area contributed by atoms with Crippen molar-refractivity contribution in [3.05, 3.63) is 17.7 Å². The maximum absolute atomic E-state index is 12.1. The smallest absolute Gasteiger partial charge is 0.231 e. The molecule has 1 saturated heterocycles. The Morgan fingerprint density at radius 3 is 2.63 bits per heavy atom. The fourth-order valence-corrected chi connectivity index (χ4v) is 3.96. The Labute approximate surface area is 112 Å². The van der Waals surface area contributed by atoms with Gasteiger partial charge < -0.3 is 14.8 Å². The summed E-state index contributed by atoms with van der Waals surface area (Å²) in [5.74, 6) is 1.18. The Balaban J connectivity index is 2.14. The fourth-order valence-electron chi connectivity index (χ4n) is 2.80. The van der Waals surface area contributed by atoms with Gasteiger partial charge in [0.2, 0.25) is 6.79 Å². The molecule has 1 aromatic carbocycles. The minimum absolute atomic E-state index is 0.0908. The minimum atomic E-state index is -3.33. The molecule has 0 saturated carbocycles. The molecule has 1 fully saturated rings. The molecular weight excluding hydrogens is 266 g/mol. The van der Waals surface area contributed by atoms with E-state index in [4.69, 9.17) is 9.47 Å². The highest BCUT2D eigenvalue weighted by Crippen LogP contribution is 2.43. The van der Waals surface area contributed by atoms with Crippen LogP contribution >= 0.6 is 0 Å². The van der Waals surface area contributed by atoms with E-state index in [-0.39, 0.29) is 12.7 Å². The molecule has 2 aliphatic rings. The number of rotatable bonds is 2. The van der Waals surface area contributed by atoms with Crippen molar-refractivity contribution in [1.29, 1.82) is 0 Å². The highest BCUT2D eigenvalue weighted by Gasteiger charge is 2.30. The van der Waals surface area contributed by atoms with Gasteiger partial charge in [0.1, 0.15) is 4.90 Å². The average molecular weight is 283 g/mol. The number of hydrogen-bond donors (Lipinski definition) is 1. The van der Waals surface area contributed by atoms with Gasteiger partial charge in [0.15, 0.2) is 21.3 Å². The van der Waals surface area contributed by atoms with Crippen LogP contribution in [0.3, 0.4) is 0 Å². The lowest BCUT2D eigenvalue weighted by atomic mass is 9.90. The number of benzene rings is 1. The number of sulfone groups is 1. The van der Waals surface area contributed by atoms with Crippen LogP contribution in [0.15, 0.2) is 17.0 Å². The molecule has 19 heavy (non-hydrogen) atoms. The summed E-state index contributed by atoms with van der Waals surface area (Å²) in [7, 11) is -3.33. The third-order valence-corrected chi connectivity index (χ3v) is 4.84. The van der Waals surface area contributed by atoms with Gasteiger partial charge in [-0.05, 0) is 43.5 Å². The molecule has 2 heterocycles. The summed E-state index contributed by atoms with van der Waals surface area (Å²) < 4.78 is 34.9. The predicted molar refractivity (Wildman–Crippen MR) is 70.5 cm³/mol. The second-order valence-corrected chi connectivity index (χ2v) is 6.97. The van der Waals surface area contributed by atoms with Gasteiger partial charge in [-0.3, -0.25) is 0 Å². The molecule has 1 aromatic rings. The molecule has 6 heteroatoms. The van der Waals surface area contributed by atoms with Gasteiger partial charge in [0.05, 0.1) is 0 Å². The van der Waals surface area contributed by atoms with Crippen molar-refractivity contribution >= 4 is 9.84 Å². The third-order valence-electron chi connectivity index (χ3n) is 3.67. The molecule has 0 spiro atoms. The first-order chi connectivity index (χ1) is 9.07. The maximum atomic E-state index is 12.1. The van der Waals surface area contributed by atoms with Crippen LogP contribution in [0.4, 0.5) is 0 Å². The van der Waals surface area contributed by atoms with Crippen molar-refractivity contribution in [2.75, 3.05) is 26.1 Å². The molecule has 0 bridgehead atoms. The molecule has 1 N–H and O–H groups in total. The summed E-state index contributed by atoms with van der Waals surface area (Å²) in [5.41, 5.74) is 0.869.